The van der Waals surface area contributed by atoms with Gasteiger partial charge < -0.3 is 11.1 Å². The second-order valence-electron chi connectivity index (χ2n) is 3.81. The van der Waals surface area contributed by atoms with E-state index in [1.54, 1.807) is 0 Å². The van der Waals surface area contributed by atoms with Crippen LogP contribution in [0.15, 0.2) is 36.4 Å². The number of carbonyl (C=O) groups is 1. The van der Waals surface area contributed by atoms with Crippen LogP contribution < -0.4 is 11.1 Å². The predicted molar refractivity (Wildman–Crippen MR) is 70.2 cm³/mol. The molecule has 0 aromatic heterocycles. The molecule has 0 saturated heterocycles. The first-order valence-corrected chi connectivity index (χ1v) is 5.66. The minimum atomic E-state index is -0.696. The topological polar surface area (TPSA) is 55.1 Å². The van der Waals surface area contributed by atoms with E-state index in [1.165, 1.54) is 18.2 Å². The monoisotopic (exact) mass is 282 g/mol. The van der Waals surface area contributed by atoms with Crippen LogP contribution in [-0.2, 0) is 0 Å². The van der Waals surface area contributed by atoms with Crippen molar-refractivity contribution in [3.8, 4) is 0 Å². The molecule has 0 heterocycles. The summed E-state index contributed by atoms with van der Waals surface area (Å²) in [5.41, 5.74) is 5.55. The van der Waals surface area contributed by atoms with Crippen molar-refractivity contribution in [2.45, 2.75) is 0 Å². The number of amides is 1. The molecule has 0 bridgehead atoms. The summed E-state index contributed by atoms with van der Waals surface area (Å²) in [5, 5.41) is 2.51. The summed E-state index contributed by atoms with van der Waals surface area (Å²) in [4.78, 5) is 11.9. The van der Waals surface area contributed by atoms with Gasteiger partial charge in [-0.15, -0.1) is 0 Å². The lowest BCUT2D eigenvalue weighted by Crippen LogP contribution is -2.15. The van der Waals surface area contributed by atoms with E-state index in [0.29, 0.717) is 0 Å². The Hall–Kier alpha value is -2.14. The summed E-state index contributed by atoms with van der Waals surface area (Å²) in [5.74, 6) is -1.98. The average Bonchev–Trinajstić information content (AvgIpc) is 2.35. The van der Waals surface area contributed by atoms with Crippen LogP contribution in [0.5, 0.6) is 0 Å². The number of nitrogen functional groups attached to an aromatic ring is 1. The highest BCUT2D eigenvalue weighted by Crippen LogP contribution is 2.21. The van der Waals surface area contributed by atoms with Gasteiger partial charge in [-0.05, 0) is 36.4 Å². The van der Waals surface area contributed by atoms with Crippen LogP contribution in [0, 0.1) is 11.6 Å². The van der Waals surface area contributed by atoms with Crippen molar-refractivity contribution in [2.24, 2.45) is 0 Å². The number of benzene rings is 2. The fraction of sp³-hybridized carbons (Fsp3) is 0. The molecule has 2 rings (SSSR count). The molecule has 0 atom stereocenters. The molecular weight excluding hydrogens is 274 g/mol. The van der Waals surface area contributed by atoms with Gasteiger partial charge >= 0.3 is 0 Å². The molecule has 1 amide bonds. The Labute approximate surface area is 113 Å². The van der Waals surface area contributed by atoms with Crippen LogP contribution in [-0.4, -0.2) is 5.91 Å². The number of nitrogens with one attached hydrogen (secondary N) is 1. The summed E-state index contributed by atoms with van der Waals surface area (Å²) >= 11 is 5.59. The summed E-state index contributed by atoms with van der Waals surface area (Å²) in [7, 11) is 0. The maximum atomic E-state index is 13.5. The minimum absolute atomic E-state index is 0.0574. The molecule has 2 aromatic carbocycles. The lowest BCUT2D eigenvalue weighted by molar-refractivity contribution is 0.102. The van der Waals surface area contributed by atoms with E-state index in [0.717, 1.165) is 18.2 Å². The zero-order valence-electron chi connectivity index (χ0n) is 9.58. The normalized spacial score (nSPS) is 10.3. The molecule has 0 saturated carbocycles. The molecule has 2 aromatic rings. The van der Waals surface area contributed by atoms with Gasteiger partial charge in [0.2, 0.25) is 0 Å². The van der Waals surface area contributed by atoms with Gasteiger partial charge in [-0.1, -0.05) is 11.6 Å². The van der Waals surface area contributed by atoms with Crippen LogP contribution in [0.2, 0.25) is 5.02 Å². The smallest absolute Gasteiger partial charge is 0.257 e. The predicted octanol–water partition coefficient (Wildman–Crippen LogP) is 3.45. The molecule has 0 unspecified atom stereocenters. The van der Waals surface area contributed by atoms with Gasteiger partial charge in [0, 0.05) is 10.7 Å². The average molecular weight is 283 g/mol. The standard InChI is InChI=1S/C13H9ClF2N2O/c14-7-1-4-12(10(16)5-7)18-13(19)9-6-8(15)2-3-11(9)17/h1-6H,17H2,(H,18,19). The Morgan fingerprint density at radius 1 is 1.16 bits per heavy atom. The van der Waals surface area contributed by atoms with Gasteiger partial charge in [-0.3, -0.25) is 4.79 Å². The van der Waals surface area contributed by atoms with Crippen molar-refractivity contribution in [3.05, 3.63) is 58.6 Å². The molecule has 3 nitrogen and oxygen atoms in total. The Morgan fingerprint density at radius 3 is 2.58 bits per heavy atom. The van der Waals surface area contributed by atoms with Gasteiger partial charge in [0.05, 0.1) is 11.3 Å². The van der Waals surface area contributed by atoms with Gasteiger partial charge in [0.1, 0.15) is 11.6 Å². The third-order valence-electron chi connectivity index (χ3n) is 2.44. The highest BCUT2D eigenvalue weighted by atomic mass is 35.5. The Kier molecular flexibility index (Phi) is 3.66. The summed E-state index contributed by atoms with van der Waals surface area (Å²) in [6.07, 6.45) is 0. The fourth-order valence-corrected chi connectivity index (χ4v) is 1.66. The van der Waals surface area contributed by atoms with E-state index < -0.39 is 17.5 Å². The largest absolute Gasteiger partial charge is 0.398 e. The number of anilines is 2. The van der Waals surface area contributed by atoms with Crippen LogP contribution in [0.3, 0.4) is 0 Å². The van der Waals surface area contributed by atoms with Crippen molar-refractivity contribution in [3.63, 3.8) is 0 Å². The molecule has 0 radical (unpaired) electrons. The lowest BCUT2D eigenvalue weighted by atomic mass is 10.1. The molecule has 0 aliphatic carbocycles. The summed E-state index contributed by atoms with van der Waals surface area (Å²) in [6, 6.07) is 7.18. The van der Waals surface area contributed by atoms with Crippen LogP contribution >= 0.6 is 11.6 Å². The first-order chi connectivity index (χ1) is 8.97. The van der Waals surface area contributed by atoms with Gasteiger partial charge in [-0.25, -0.2) is 8.78 Å². The molecule has 19 heavy (non-hydrogen) atoms. The minimum Gasteiger partial charge on any atom is -0.398 e. The number of nitrogens with two attached hydrogens (primary N) is 1. The third kappa shape index (κ3) is 3.00. The zero-order valence-corrected chi connectivity index (χ0v) is 10.3. The van der Waals surface area contributed by atoms with E-state index in [4.69, 9.17) is 17.3 Å². The second-order valence-corrected chi connectivity index (χ2v) is 4.25. The Morgan fingerprint density at radius 2 is 1.89 bits per heavy atom. The van der Waals surface area contributed by atoms with E-state index >= 15 is 0 Å². The molecular formula is C13H9ClF2N2O. The summed E-state index contributed by atoms with van der Waals surface area (Å²) < 4.78 is 26.6. The zero-order chi connectivity index (χ0) is 14.0. The maximum Gasteiger partial charge on any atom is 0.257 e. The highest BCUT2D eigenvalue weighted by molar-refractivity contribution is 6.30. The van der Waals surface area contributed by atoms with Crippen molar-refractivity contribution < 1.29 is 13.6 Å². The molecule has 3 N–H and O–H groups in total. The lowest BCUT2D eigenvalue weighted by Gasteiger charge is -2.08. The summed E-state index contributed by atoms with van der Waals surface area (Å²) in [6.45, 7) is 0. The third-order valence-corrected chi connectivity index (χ3v) is 2.67. The van der Waals surface area contributed by atoms with Gasteiger partial charge in [-0.2, -0.15) is 0 Å². The van der Waals surface area contributed by atoms with Crippen LogP contribution in [0.25, 0.3) is 0 Å². The van der Waals surface area contributed by atoms with Gasteiger partial charge in [0.15, 0.2) is 0 Å². The Balaban J connectivity index is 2.28. The fourth-order valence-electron chi connectivity index (χ4n) is 1.51. The number of halogens is 3. The first kappa shape index (κ1) is 13.3. The van der Waals surface area contributed by atoms with E-state index in [-0.39, 0.29) is 22.0 Å². The van der Waals surface area contributed by atoms with E-state index in [1.807, 2.05) is 0 Å². The van der Waals surface area contributed by atoms with Crippen LogP contribution in [0.1, 0.15) is 10.4 Å². The maximum absolute atomic E-state index is 13.5. The molecule has 0 fully saturated rings. The SMILES string of the molecule is Nc1ccc(F)cc1C(=O)Nc1ccc(Cl)cc1F. The van der Waals surface area contributed by atoms with Crippen molar-refractivity contribution in [1.82, 2.24) is 0 Å². The molecule has 0 spiro atoms. The van der Waals surface area contributed by atoms with E-state index in [9.17, 15) is 13.6 Å². The molecule has 0 aliphatic rings. The van der Waals surface area contributed by atoms with Crippen molar-refractivity contribution in [1.29, 1.82) is 0 Å². The number of carbonyl (C=O) groups excluding carboxylic acids is 1. The van der Waals surface area contributed by atoms with Gasteiger partial charge in [0.25, 0.3) is 5.91 Å². The van der Waals surface area contributed by atoms with E-state index in [2.05, 4.69) is 5.32 Å². The van der Waals surface area contributed by atoms with Crippen molar-refractivity contribution >= 4 is 28.9 Å². The quantitative estimate of drug-likeness (QED) is 0.829. The number of hydrogen-bond donors (Lipinski definition) is 2. The van der Waals surface area contributed by atoms with Crippen molar-refractivity contribution in [2.75, 3.05) is 11.1 Å². The highest BCUT2D eigenvalue weighted by Gasteiger charge is 2.13. The first-order valence-electron chi connectivity index (χ1n) is 5.29. The number of hydrogen-bond acceptors (Lipinski definition) is 2. The second kappa shape index (κ2) is 5.24. The molecule has 6 heteroatoms. The number of rotatable bonds is 2. The Bertz CT molecular complexity index is 647. The van der Waals surface area contributed by atoms with Crippen LogP contribution in [0.4, 0.5) is 20.2 Å². The molecule has 0 aliphatic heterocycles. The molecule has 98 valence electrons.